The zero-order valence-electron chi connectivity index (χ0n) is 14.0. The van der Waals surface area contributed by atoms with Crippen LogP contribution in [0.4, 0.5) is 5.69 Å². The topological polar surface area (TPSA) is 64.4 Å². The van der Waals surface area contributed by atoms with Crippen molar-refractivity contribution < 1.29 is 13.9 Å². The van der Waals surface area contributed by atoms with Gasteiger partial charge >= 0.3 is 0 Å². The van der Waals surface area contributed by atoms with Crippen LogP contribution in [-0.4, -0.2) is 18.0 Å². The van der Waals surface area contributed by atoms with Crippen molar-refractivity contribution in [3.8, 4) is 17.2 Å². The summed E-state index contributed by atoms with van der Waals surface area (Å²) in [6.07, 6.45) is 1.68. The normalized spacial score (nSPS) is 10.5. The van der Waals surface area contributed by atoms with Gasteiger partial charge in [-0.25, -0.2) is 4.98 Å². The highest BCUT2D eigenvalue weighted by Crippen LogP contribution is 2.26. The van der Waals surface area contributed by atoms with E-state index in [9.17, 15) is 4.79 Å². The van der Waals surface area contributed by atoms with Gasteiger partial charge in [0.05, 0.1) is 12.8 Å². The Morgan fingerprint density at radius 2 is 1.88 bits per heavy atom. The van der Waals surface area contributed by atoms with Crippen LogP contribution in [0.5, 0.6) is 5.75 Å². The molecule has 0 unspecified atom stereocenters. The third-order valence-corrected chi connectivity index (χ3v) is 4.50. The Morgan fingerprint density at radius 1 is 1.16 bits per heavy atom. The summed E-state index contributed by atoms with van der Waals surface area (Å²) in [5.74, 6) is 2.03. The molecule has 0 saturated carbocycles. The Labute approximate surface area is 150 Å². The molecule has 0 radical (unpaired) electrons. The number of anilines is 1. The lowest BCUT2D eigenvalue weighted by Crippen LogP contribution is -2.05. The third-order valence-electron chi connectivity index (χ3n) is 3.45. The Kier molecular flexibility index (Phi) is 5.40. The molecule has 0 spiro atoms. The predicted molar refractivity (Wildman–Crippen MR) is 98.8 cm³/mol. The number of methoxy groups -OCH3 is 1. The van der Waals surface area contributed by atoms with Gasteiger partial charge < -0.3 is 14.5 Å². The van der Waals surface area contributed by atoms with E-state index in [-0.39, 0.29) is 5.91 Å². The second kappa shape index (κ2) is 7.90. The highest BCUT2D eigenvalue weighted by atomic mass is 32.2. The molecule has 0 aliphatic rings. The van der Waals surface area contributed by atoms with Crippen LogP contribution in [0, 0.1) is 0 Å². The number of rotatable bonds is 6. The van der Waals surface area contributed by atoms with Gasteiger partial charge in [-0.2, -0.15) is 0 Å². The van der Waals surface area contributed by atoms with Crippen LogP contribution < -0.4 is 10.1 Å². The first-order chi connectivity index (χ1) is 12.1. The standard InChI is InChI=1S/C19H18N2O3S/c1-13(22)20-15-5-9-18(10-6-15)25-12-16-11-24-19(21-16)14-3-7-17(23-2)8-4-14/h3-11H,12H2,1-2H3,(H,20,22). The van der Waals surface area contributed by atoms with Crippen molar-refractivity contribution in [3.63, 3.8) is 0 Å². The van der Waals surface area contributed by atoms with Crippen molar-refractivity contribution in [2.45, 2.75) is 17.6 Å². The lowest BCUT2D eigenvalue weighted by atomic mass is 10.2. The van der Waals surface area contributed by atoms with Crippen molar-refractivity contribution in [3.05, 3.63) is 60.5 Å². The fourth-order valence-electron chi connectivity index (χ4n) is 2.23. The van der Waals surface area contributed by atoms with E-state index in [1.807, 2.05) is 48.5 Å². The van der Waals surface area contributed by atoms with Gasteiger partial charge in [0.15, 0.2) is 0 Å². The van der Waals surface area contributed by atoms with E-state index in [0.717, 1.165) is 27.6 Å². The fraction of sp³-hybridized carbons (Fsp3) is 0.158. The minimum atomic E-state index is -0.0749. The van der Waals surface area contributed by atoms with Crippen LogP contribution in [0.1, 0.15) is 12.6 Å². The van der Waals surface area contributed by atoms with Crippen LogP contribution in [-0.2, 0) is 10.5 Å². The van der Waals surface area contributed by atoms with E-state index in [1.165, 1.54) is 6.92 Å². The monoisotopic (exact) mass is 354 g/mol. The molecule has 0 saturated heterocycles. The molecule has 6 heteroatoms. The molecular formula is C19H18N2O3S. The molecule has 5 nitrogen and oxygen atoms in total. The minimum absolute atomic E-state index is 0.0749. The van der Waals surface area contributed by atoms with E-state index >= 15 is 0 Å². The van der Waals surface area contributed by atoms with Crippen LogP contribution >= 0.6 is 11.8 Å². The van der Waals surface area contributed by atoms with E-state index in [2.05, 4.69) is 10.3 Å². The van der Waals surface area contributed by atoms with Crippen molar-refractivity contribution in [2.75, 3.05) is 12.4 Å². The number of hydrogen-bond donors (Lipinski definition) is 1. The first-order valence-corrected chi connectivity index (χ1v) is 8.72. The minimum Gasteiger partial charge on any atom is -0.497 e. The molecule has 2 aromatic carbocycles. The van der Waals surface area contributed by atoms with Gasteiger partial charge in [-0.05, 0) is 48.5 Å². The lowest BCUT2D eigenvalue weighted by Gasteiger charge is -2.03. The molecule has 0 aliphatic carbocycles. The zero-order valence-corrected chi connectivity index (χ0v) is 14.8. The number of oxazole rings is 1. The number of thioether (sulfide) groups is 1. The predicted octanol–water partition coefficient (Wildman–Crippen LogP) is 4.60. The zero-order chi connectivity index (χ0) is 17.6. The average molecular weight is 354 g/mol. The summed E-state index contributed by atoms with van der Waals surface area (Å²) in [5, 5.41) is 2.75. The number of benzene rings is 2. The molecule has 1 heterocycles. The molecule has 3 aromatic rings. The van der Waals surface area contributed by atoms with E-state index in [1.54, 1.807) is 25.1 Å². The molecule has 0 aliphatic heterocycles. The summed E-state index contributed by atoms with van der Waals surface area (Å²) in [6, 6.07) is 15.3. The fourth-order valence-corrected chi connectivity index (χ4v) is 3.01. The maximum absolute atomic E-state index is 11.0. The summed E-state index contributed by atoms with van der Waals surface area (Å²) in [5.41, 5.74) is 2.58. The van der Waals surface area contributed by atoms with Gasteiger partial charge in [-0.1, -0.05) is 0 Å². The van der Waals surface area contributed by atoms with Crippen molar-refractivity contribution in [1.82, 2.24) is 4.98 Å². The molecule has 1 N–H and O–H groups in total. The highest BCUT2D eigenvalue weighted by molar-refractivity contribution is 7.98. The number of amides is 1. The average Bonchev–Trinajstić information content (AvgIpc) is 3.10. The second-order valence-corrected chi connectivity index (χ2v) is 6.42. The second-order valence-electron chi connectivity index (χ2n) is 5.37. The number of nitrogens with one attached hydrogen (secondary N) is 1. The molecule has 1 amide bonds. The van der Waals surface area contributed by atoms with Crippen molar-refractivity contribution in [2.24, 2.45) is 0 Å². The lowest BCUT2D eigenvalue weighted by molar-refractivity contribution is -0.114. The van der Waals surface area contributed by atoms with Gasteiger partial charge in [0.1, 0.15) is 12.0 Å². The maximum atomic E-state index is 11.0. The highest BCUT2D eigenvalue weighted by Gasteiger charge is 2.07. The van der Waals surface area contributed by atoms with Gasteiger partial charge in [-0.15, -0.1) is 11.8 Å². The summed E-state index contributed by atoms with van der Waals surface area (Å²) in [7, 11) is 1.64. The SMILES string of the molecule is COc1ccc(-c2nc(CSc3ccc(NC(C)=O)cc3)co2)cc1. The third kappa shape index (κ3) is 4.64. The van der Waals surface area contributed by atoms with E-state index < -0.39 is 0 Å². The van der Waals surface area contributed by atoms with Crippen molar-refractivity contribution >= 4 is 23.4 Å². The molecule has 1 aromatic heterocycles. The summed E-state index contributed by atoms with van der Waals surface area (Å²) in [4.78, 5) is 16.6. The molecule has 128 valence electrons. The number of ether oxygens (including phenoxy) is 1. The smallest absolute Gasteiger partial charge is 0.226 e. The van der Waals surface area contributed by atoms with E-state index in [0.29, 0.717) is 11.6 Å². The molecule has 0 fully saturated rings. The van der Waals surface area contributed by atoms with Crippen molar-refractivity contribution in [1.29, 1.82) is 0 Å². The first-order valence-electron chi connectivity index (χ1n) is 7.73. The summed E-state index contributed by atoms with van der Waals surface area (Å²) in [6.45, 7) is 1.49. The number of carbonyl (C=O) groups excluding carboxylic acids is 1. The number of carbonyl (C=O) groups is 1. The Morgan fingerprint density at radius 3 is 2.52 bits per heavy atom. The number of hydrogen-bond acceptors (Lipinski definition) is 5. The van der Waals surface area contributed by atoms with E-state index in [4.69, 9.17) is 9.15 Å². The quantitative estimate of drug-likeness (QED) is 0.655. The molecule has 0 atom stereocenters. The van der Waals surface area contributed by atoms with Crippen LogP contribution in [0.2, 0.25) is 0 Å². The first kappa shape index (κ1) is 17.1. The van der Waals surface area contributed by atoms with Crippen LogP contribution in [0.15, 0.2) is 64.1 Å². The molecular weight excluding hydrogens is 336 g/mol. The Bertz CT molecular complexity index is 842. The van der Waals surface area contributed by atoms with Crippen LogP contribution in [0.25, 0.3) is 11.5 Å². The number of aromatic nitrogens is 1. The summed E-state index contributed by atoms with van der Waals surface area (Å²) >= 11 is 1.66. The molecule has 0 bridgehead atoms. The number of nitrogens with zero attached hydrogens (tertiary/aromatic N) is 1. The Hall–Kier alpha value is -2.73. The van der Waals surface area contributed by atoms with Gasteiger partial charge in [0.25, 0.3) is 0 Å². The van der Waals surface area contributed by atoms with Crippen LogP contribution in [0.3, 0.4) is 0 Å². The Balaban J connectivity index is 1.60. The maximum Gasteiger partial charge on any atom is 0.226 e. The van der Waals surface area contributed by atoms with Gasteiger partial charge in [0.2, 0.25) is 11.8 Å². The molecule has 25 heavy (non-hydrogen) atoms. The van der Waals surface area contributed by atoms with Gasteiger partial charge in [0, 0.05) is 28.8 Å². The summed E-state index contributed by atoms with van der Waals surface area (Å²) < 4.78 is 10.7. The molecule has 3 rings (SSSR count). The largest absolute Gasteiger partial charge is 0.497 e. The van der Waals surface area contributed by atoms with Gasteiger partial charge in [-0.3, -0.25) is 4.79 Å².